The van der Waals surface area contributed by atoms with Crippen molar-refractivity contribution in [2.75, 3.05) is 26.4 Å². The summed E-state index contributed by atoms with van der Waals surface area (Å²) in [6, 6.07) is 13.5. The Kier molecular flexibility index (Phi) is 8.12. The van der Waals surface area contributed by atoms with E-state index in [2.05, 4.69) is 4.98 Å². The quantitative estimate of drug-likeness (QED) is 0.653. The van der Waals surface area contributed by atoms with E-state index in [1.54, 1.807) is 6.20 Å². The van der Waals surface area contributed by atoms with Crippen LogP contribution in [0.2, 0.25) is 5.02 Å². The molecular formula is C23H28Cl2N2O3. The Hall–Kier alpha value is -1.66. The average Bonchev–Trinajstić information content (AvgIpc) is 3.28. The van der Waals surface area contributed by atoms with E-state index in [-0.39, 0.29) is 24.4 Å². The van der Waals surface area contributed by atoms with Crippen LogP contribution in [0.4, 0.5) is 0 Å². The first-order valence-corrected chi connectivity index (χ1v) is 10.7. The molecule has 0 bridgehead atoms. The molecule has 2 saturated heterocycles. The Morgan fingerprint density at radius 2 is 1.90 bits per heavy atom. The maximum atomic E-state index is 14.1. The minimum absolute atomic E-state index is 0. The molecular weight excluding hydrogens is 423 g/mol. The summed E-state index contributed by atoms with van der Waals surface area (Å²) in [6.45, 7) is 2.99. The van der Waals surface area contributed by atoms with Crippen LogP contribution in [0.25, 0.3) is 0 Å². The summed E-state index contributed by atoms with van der Waals surface area (Å²) in [5.41, 5.74) is 1.29. The van der Waals surface area contributed by atoms with Gasteiger partial charge < -0.3 is 14.4 Å². The summed E-state index contributed by atoms with van der Waals surface area (Å²) in [7, 11) is 0. The fraction of sp³-hybridized carbons (Fsp3) is 0.478. The van der Waals surface area contributed by atoms with E-state index in [9.17, 15) is 4.79 Å². The Morgan fingerprint density at radius 1 is 1.13 bits per heavy atom. The molecule has 2 aliphatic heterocycles. The molecule has 0 spiro atoms. The molecule has 0 radical (unpaired) electrons. The standard InChI is InChI=1S/C23H27ClN2O3.ClH/c24-19-8-6-18(7-9-19)23(10-14-28-15-11-23)22(27)26(17-21-5-3-13-29-21)16-20-4-1-2-12-25-20;/h1-2,4,6-9,12,21H,3,5,10-11,13-17H2;1H. The van der Waals surface area contributed by atoms with E-state index < -0.39 is 5.41 Å². The molecule has 3 heterocycles. The van der Waals surface area contributed by atoms with Crippen LogP contribution >= 0.6 is 24.0 Å². The van der Waals surface area contributed by atoms with Crippen LogP contribution in [0, 0.1) is 0 Å². The van der Waals surface area contributed by atoms with Crippen LogP contribution in [-0.2, 0) is 26.2 Å². The summed E-state index contributed by atoms with van der Waals surface area (Å²) >= 11 is 6.11. The third-order valence-corrected chi connectivity index (χ3v) is 6.22. The first-order chi connectivity index (χ1) is 14.2. The number of rotatable bonds is 6. The number of benzene rings is 1. The Morgan fingerprint density at radius 3 is 2.53 bits per heavy atom. The molecule has 1 aromatic carbocycles. The predicted octanol–water partition coefficient (Wildman–Crippen LogP) is 4.41. The first-order valence-electron chi connectivity index (χ1n) is 10.3. The van der Waals surface area contributed by atoms with Crippen LogP contribution in [0.3, 0.4) is 0 Å². The van der Waals surface area contributed by atoms with Gasteiger partial charge >= 0.3 is 0 Å². The van der Waals surface area contributed by atoms with Gasteiger partial charge in [-0.2, -0.15) is 0 Å². The lowest BCUT2D eigenvalue weighted by Gasteiger charge is -2.40. The van der Waals surface area contributed by atoms with Crippen molar-refractivity contribution in [3.05, 3.63) is 64.9 Å². The lowest BCUT2D eigenvalue weighted by atomic mass is 9.73. The molecule has 1 aromatic heterocycles. The van der Waals surface area contributed by atoms with Gasteiger partial charge in [-0.15, -0.1) is 12.4 Å². The number of amides is 1. The molecule has 1 atom stereocenters. The Balaban J connectivity index is 0.00000256. The molecule has 5 nitrogen and oxygen atoms in total. The van der Waals surface area contributed by atoms with Crippen LogP contribution in [-0.4, -0.2) is 48.3 Å². The summed E-state index contributed by atoms with van der Waals surface area (Å²) in [4.78, 5) is 20.4. The minimum Gasteiger partial charge on any atom is -0.381 e. The second kappa shape index (κ2) is 10.6. The molecule has 7 heteroatoms. The number of hydrogen-bond donors (Lipinski definition) is 0. The van der Waals surface area contributed by atoms with E-state index in [0.717, 1.165) is 30.7 Å². The van der Waals surface area contributed by atoms with Gasteiger partial charge in [0.2, 0.25) is 5.91 Å². The third kappa shape index (κ3) is 5.14. The van der Waals surface area contributed by atoms with Gasteiger partial charge in [0.15, 0.2) is 0 Å². The molecule has 162 valence electrons. The van der Waals surface area contributed by atoms with Gasteiger partial charge in [-0.25, -0.2) is 0 Å². The van der Waals surface area contributed by atoms with Gasteiger partial charge in [0.25, 0.3) is 0 Å². The second-order valence-electron chi connectivity index (χ2n) is 7.84. The number of hydrogen-bond acceptors (Lipinski definition) is 4. The SMILES string of the molecule is Cl.O=C(N(Cc1ccccn1)CC1CCCO1)C1(c2ccc(Cl)cc2)CCOCC1. The van der Waals surface area contributed by atoms with Crippen molar-refractivity contribution in [3.63, 3.8) is 0 Å². The van der Waals surface area contributed by atoms with Crippen LogP contribution in [0.15, 0.2) is 48.7 Å². The Bertz CT molecular complexity index is 805. The van der Waals surface area contributed by atoms with Crippen LogP contribution in [0.1, 0.15) is 36.9 Å². The number of carbonyl (C=O) groups is 1. The van der Waals surface area contributed by atoms with Crippen LogP contribution < -0.4 is 0 Å². The van der Waals surface area contributed by atoms with E-state index in [4.69, 9.17) is 21.1 Å². The van der Waals surface area contributed by atoms with Crippen molar-refractivity contribution >= 4 is 29.9 Å². The lowest BCUT2D eigenvalue weighted by molar-refractivity contribution is -0.143. The molecule has 2 aliphatic rings. The lowest BCUT2D eigenvalue weighted by Crippen LogP contribution is -2.51. The molecule has 0 aliphatic carbocycles. The zero-order valence-corrected chi connectivity index (χ0v) is 18.5. The second-order valence-corrected chi connectivity index (χ2v) is 8.28. The van der Waals surface area contributed by atoms with Crippen molar-refractivity contribution in [3.8, 4) is 0 Å². The highest BCUT2D eigenvalue weighted by molar-refractivity contribution is 6.30. The smallest absolute Gasteiger partial charge is 0.233 e. The van der Waals surface area contributed by atoms with Gasteiger partial charge in [-0.1, -0.05) is 29.8 Å². The molecule has 1 unspecified atom stereocenters. The van der Waals surface area contributed by atoms with Gasteiger partial charge in [-0.3, -0.25) is 9.78 Å². The molecule has 4 rings (SSSR count). The normalized spacial score (nSPS) is 20.4. The van der Waals surface area contributed by atoms with Crippen molar-refractivity contribution in [2.24, 2.45) is 0 Å². The summed E-state index contributed by atoms with van der Waals surface area (Å²) in [5, 5.41) is 0.674. The van der Waals surface area contributed by atoms with E-state index in [1.807, 2.05) is 47.4 Å². The number of aromatic nitrogens is 1. The summed E-state index contributed by atoms with van der Waals surface area (Å²) < 4.78 is 11.5. The van der Waals surface area contributed by atoms with Gasteiger partial charge in [0.05, 0.1) is 23.8 Å². The zero-order chi connectivity index (χ0) is 20.1. The van der Waals surface area contributed by atoms with Crippen molar-refractivity contribution < 1.29 is 14.3 Å². The number of pyridine rings is 1. The topological polar surface area (TPSA) is 51.7 Å². The highest BCUT2D eigenvalue weighted by Gasteiger charge is 2.44. The fourth-order valence-electron chi connectivity index (χ4n) is 4.36. The number of carbonyl (C=O) groups excluding carboxylic acids is 1. The first kappa shape index (κ1) is 23.0. The van der Waals surface area contributed by atoms with Crippen molar-refractivity contribution in [1.82, 2.24) is 9.88 Å². The van der Waals surface area contributed by atoms with E-state index in [0.29, 0.717) is 44.2 Å². The largest absolute Gasteiger partial charge is 0.381 e. The predicted molar refractivity (Wildman–Crippen MR) is 119 cm³/mol. The Labute approximate surface area is 189 Å². The monoisotopic (exact) mass is 450 g/mol. The van der Waals surface area contributed by atoms with Gasteiger partial charge in [0.1, 0.15) is 0 Å². The number of nitrogens with zero attached hydrogens (tertiary/aromatic N) is 2. The van der Waals surface area contributed by atoms with E-state index in [1.165, 1.54) is 0 Å². The molecule has 2 aromatic rings. The molecule has 30 heavy (non-hydrogen) atoms. The molecule has 2 fully saturated rings. The van der Waals surface area contributed by atoms with Crippen LogP contribution in [0.5, 0.6) is 0 Å². The highest BCUT2D eigenvalue weighted by atomic mass is 35.5. The highest BCUT2D eigenvalue weighted by Crippen LogP contribution is 2.38. The molecule has 0 N–H and O–H groups in total. The molecule has 0 saturated carbocycles. The summed E-state index contributed by atoms with van der Waals surface area (Å²) in [6.07, 6.45) is 5.23. The fourth-order valence-corrected chi connectivity index (χ4v) is 4.48. The maximum Gasteiger partial charge on any atom is 0.233 e. The van der Waals surface area contributed by atoms with E-state index >= 15 is 0 Å². The number of halogens is 2. The van der Waals surface area contributed by atoms with Gasteiger partial charge in [-0.05, 0) is 55.5 Å². The zero-order valence-electron chi connectivity index (χ0n) is 17.0. The third-order valence-electron chi connectivity index (χ3n) is 5.97. The van der Waals surface area contributed by atoms with Crippen molar-refractivity contribution in [2.45, 2.75) is 43.7 Å². The molecule has 1 amide bonds. The van der Waals surface area contributed by atoms with Crippen molar-refractivity contribution in [1.29, 1.82) is 0 Å². The van der Waals surface area contributed by atoms with Gasteiger partial charge in [0, 0.05) is 37.6 Å². The number of ether oxygens (including phenoxy) is 2. The average molecular weight is 451 g/mol. The maximum absolute atomic E-state index is 14.1. The minimum atomic E-state index is -0.601. The summed E-state index contributed by atoms with van der Waals surface area (Å²) in [5.74, 6) is 0.129.